The Hall–Kier alpha value is -4.09. The number of anilines is 2. The number of piperidine rings is 1. The van der Waals surface area contributed by atoms with E-state index in [0.717, 1.165) is 73.5 Å². The molecular weight excluding hydrogens is 556 g/mol. The number of aromatic nitrogens is 5. The third kappa shape index (κ3) is 7.34. The minimum atomic E-state index is -0.564. The average molecular weight is 601 g/mol. The zero-order valence-corrected chi connectivity index (χ0v) is 26.4. The van der Waals surface area contributed by atoms with Gasteiger partial charge in [0.15, 0.2) is 5.82 Å². The number of benzene rings is 1. The van der Waals surface area contributed by atoms with Gasteiger partial charge in [-0.25, -0.2) is 15.0 Å². The molecule has 44 heavy (non-hydrogen) atoms. The molecule has 0 saturated carbocycles. The van der Waals surface area contributed by atoms with Crippen LogP contribution in [-0.4, -0.2) is 81.4 Å². The van der Waals surface area contributed by atoms with E-state index in [0.29, 0.717) is 41.0 Å². The van der Waals surface area contributed by atoms with E-state index in [1.165, 1.54) is 0 Å². The van der Waals surface area contributed by atoms with Crippen LogP contribution < -0.4 is 20.1 Å². The second-order valence-corrected chi connectivity index (χ2v) is 11.9. The van der Waals surface area contributed by atoms with E-state index < -0.39 is 5.54 Å². The van der Waals surface area contributed by atoms with Crippen molar-refractivity contribution in [2.75, 3.05) is 51.6 Å². The number of rotatable bonds is 13. The molecule has 1 aliphatic heterocycles. The predicted molar refractivity (Wildman–Crippen MR) is 173 cm³/mol. The minimum absolute atomic E-state index is 0.0383. The van der Waals surface area contributed by atoms with Crippen molar-refractivity contribution in [1.29, 1.82) is 0 Å². The summed E-state index contributed by atoms with van der Waals surface area (Å²) in [6, 6.07) is 7.68. The number of methoxy groups -OCH3 is 2. The number of pyridine rings is 1. The zero-order chi connectivity index (χ0) is 31.1. The summed E-state index contributed by atoms with van der Waals surface area (Å²) in [6.45, 7) is 6.67. The Kier molecular flexibility index (Phi) is 10.1. The van der Waals surface area contributed by atoms with E-state index in [9.17, 15) is 5.11 Å². The van der Waals surface area contributed by atoms with Gasteiger partial charge >= 0.3 is 0 Å². The van der Waals surface area contributed by atoms with Crippen LogP contribution in [0.4, 0.5) is 11.8 Å². The Morgan fingerprint density at radius 2 is 1.75 bits per heavy atom. The molecule has 1 saturated heterocycles. The first kappa shape index (κ1) is 31.3. The second kappa shape index (κ2) is 14.1. The molecule has 1 atom stereocenters. The van der Waals surface area contributed by atoms with Gasteiger partial charge in [-0.05, 0) is 64.5 Å². The van der Waals surface area contributed by atoms with Crippen LogP contribution in [0, 0.1) is 0 Å². The third-order valence-electron chi connectivity index (χ3n) is 8.41. The Morgan fingerprint density at radius 1 is 1.00 bits per heavy atom. The van der Waals surface area contributed by atoms with Crippen molar-refractivity contribution in [3.8, 4) is 22.6 Å². The Labute approximate surface area is 259 Å². The normalized spacial score (nSPS) is 15.6. The van der Waals surface area contributed by atoms with E-state index in [2.05, 4.69) is 29.5 Å². The van der Waals surface area contributed by atoms with Gasteiger partial charge in [0.05, 0.1) is 31.9 Å². The molecule has 0 aliphatic carbocycles. The quantitative estimate of drug-likeness (QED) is 0.185. The molecule has 4 aromatic rings. The molecule has 1 fully saturated rings. The van der Waals surface area contributed by atoms with Gasteiger partial charge in [0, 0.05) is 53.8 Å². The van der Waals surface area contributed by atoms with Gasteiger partial charge in [-0.15, -0.1) is 0 Å². The summed E-state index contributed by atoms with van der Waals surface area (Å²) in [5.41, 5.74) is 3.41. The molecule has 0 spiro atoms. The SMILES string of the molecule is CCCC[C@](C)(CO)Nc1nc(NCc2ccc(OC)cc2OC)nc2cc(-c3cnc(C4CCN(C)CC4)nc3)cnc12. The number of nitrogens with zero attached hydrogens (tertiary/aromatic N) is 6. The lowest BCUT2D eigenvalue weighted by atomic mass is 9.96. The van der Waals surface area contributed by atoms with Gasteiger partial charge < -0.3 is 30.1 Å². The number of likely N-dealkylation sites (tertiary alicyclic amines) is 1. The van der Waals surface area contributed by atoms with Crippen molar-refractivity contribution >= 4 is 22.8 Å². The maximum Gasteiger partial charge on any atom is 0.225 e. The molecule has 5 rings (SSSR count). The molecule has 0 amide bonds. The molecule has 11 heteroatoms. The van der Waals surface area contributed by atoms with E-state index in [1.807, 2.05) is 49.8 Å². The average Bonchev–Trinajstić information content (AvgIpc) is 3.06. The number of fused-ring (bicyclic) bond motifs is 1. The summed E-state index contributed by atoms with van der Waals surface area (Å²) in [5.74, 6) is 3.71. The number of unbranched alkanes of at least 4 members (excludes halogenated alkanes) is 1. The Bertz CT molecular complexity index is 1540. The molecule has 234 valence electrons. The fraction of sp³-hybridized carbons (Fsp3) is 0.485. The molecule has 0 unspecified atom stereocenters. The standard InChI is InChI=1S/C33H44N8O3/c1-6-7-12-33(2,21-42)40-31-29-27(38-32(39-31)37-17-23-8-9-26(43-4)16-28(23)44-5)15-24(18-34-29)25-19-35-30(36-20-25)22-10-13-41(3)14-11-22/h8-9,15-16,18-20,22,42H,6-7,10-14,17,21H2,1-5H3,(H2,37,38,39,40)/t33-/m1/s1. The summed E-state index contributed by atoms with van der Waals surface area (Å²) in [6.07, 6.45) is 10.5. The minimum Gasteiger partial charge on any atom is -0.497 e. The van der Waals surface area contributed by atoms with Crippen molar-refractivity contribution < 1.29 is 14.6 Å². The van der Waals surface area contributed by atoms with Crippen LogP contribution in [0.1, 0.15) is 63.3 Å². The van der Waals surface area contributed by atoms with Crippen LogP contribution in [0.3, 0.4) is 0 Å². The van der Waals surface area contributed by atoms with Crippen molar-refractivity contribution in [2.45, 2.75) is 64.0 Å². The van der Waals surface area contributed by atoms with E-state index in [-0.39, 0.29) is 6.61 Å². The van der Waals surface area contributed by atoms with Crippen LogP contribution in [-0.2, 0) is 6.54 Å². The zero-order valence-electron chi connectivity index (χ0n) is 26.4. The molecule has 1 aliphatic rings. The predicted octanol–water partition coefficient (Wildman–Crippen LogP) is 5.27. The molecule has 1 aromatic carbocycles. The molecule has 4 heterocycles. The number of aliphatic hydroxyl groups is 1. The monoisotopic (exact) mass is 600 g/mol. The van der Waals surface area contributed by atoms with Gasteiger partial charge in [0.2, 0.25) is 5.95 Å². The number of nitrogens with one attached hydrogen (secondary N) is 2. The maximum absolute atomic E-state index is 10.3. The Morgan fingerprint density at radius 3 is 2.43 bits per heavy atom. The lowest BCUT2D eigenvalue weighted by Gasteiger charge is -2.29. The number of aliphatic hydroxyl groups excluding tert-OH is 1. The van der Waals surface area contributed by atoms with Crippen molar-refractivity contribution in [1.82, 2.24) is 29.8 Å². The van der Waals surface area contributed by atoms with Gasteiger partial charge in [0.25, 0.3) is 0 Å². The summed E-state index contributed by atoms with van der Waals surface area (Å²) >= 11 is 0. The molecule has 3 aromatic heterocycles. The summed E-state index contributed by atoms with van der Waals surface area (Å²) in [7, 11) is 5.42. The molecule has 3 N–H and O–H groups in total. The molecular formula is C33H44N8O3. The van der Waals surface area contributed by atoms with Crippen molar-refractivity contribution in [3.63, 3.8) is 0 Å². The van der Waals surface area contributed by atoms with E-state index in [1.54, 1.807) is 14.2 Å². The van der Waals surface area contributed by atoms with Crippen LogP contribution >= 0.6 is 0 Å². The second-order valence-electron chi connectivity index (χ2n) is 11.9. The number of hydrogen-bond donors (Lipinski definition) is 3. The first-order valence-corrected chi connectivity index (χ1v) is 15.4. The number of hydrogen-bond acceptors (Lipinski definition) is 11. The lowest BCUT2D eigenvalue weighted by Crippen LogP contribution is -2.39. The highest BCUT2D eigenvalue weighted by Crippen LogP contribution is 2.31. The topological polar surface area (TPSA) is 130 Å². The van der Waals surface area contributed by atoms with Gasteiger partial charge in [0.1, 0.15) is 22.8 Å². The van der Waals surface area contributed by atoms with Gasteiger partial charge in [-0.1, -0.05) is 19.8 Å². The molecule has 0 radical (unpaired) electrons. The fourth-order valence-electron chi connectivity index (χ4n) is 5.51. The first-order valence-electron chi connectivity index (χ1n) is 15.4. The van der Waals surface area contributed by atoms with Crippen LogP contribution in [0.25, 0.3) is 22.2 Å². The fourth-order valence-corrected chi connectivity index (χ4v) is 5.51. The lowest BCUT2D eigenvalue weighted by molar-refractivity contribution is 0.212. The van der Waals surface area contributed by atoms with Crippen LogP contribution in [0.2, 0.25) is 0 Å². The van der Waals surface area contributed by atoms with Crippen molar-refractivity contribution in [3.05, 3.63) is 54.2 Å². The van der Waals surface area contributed by atoms with Crippen LogP contribution in [0.5, 0.6) is 11.5 Å². The highest BCUT2D eigenvalue weighted by molar-refractivity contribution is 5.89. The smallest absolute Gasteiger partial charge is 0.225 e. The van der Waals surface area contributed by atoms with Gasteiger partial charge in [-0.2, -0.15) is 4.98 Å². The first-order chi connectivity index (χ1) is 21.3. The highest BCUT2D eigenvalue weighted by Gasteiger charge is 2.25. The molecule has 0 bridgehead atoms. The largest absolute Gasteiger partial charge is 0.497 e. The molecule has 11 nitrogen and oxygen atoms in total. The Balaban J connectivity index is 1.46. The summed E-state index contributed by atoms with van der Waals surface area (Å²) < 4.78 is 10.9. The summed E-state index contributed by atoms with van der Waals surface area (Å²) in [5, 5.41) is 17.2. The van der Waals surface area contributed by atoms with E-state index >= 15 is 0 Å². The third-order valence-corrected chi connectivity index (χ3v) is 8.41. The highest BCUT2D eigenvalue weighted by atomic mass is 16.5. The van der Waals surface area contributed by atoms with E-state index in [4.69, 9.17) is 34.4 Å². The number of ether oxygens (including phenoxy) is 2. The van der Waals surface area contributed by atoms with Gasteiger partial charge in [-0.3, -0.25) is 4.98 Å². The summed E-state index contributed by atoms with van der Waals surface area (Å²) in [4.78, 5) is 26.3. The van der Waals surface area contributed by atoms with Crippen LogP contribution in [0.15, 0.2) is 42.9 Å². The van der Waals surface area contributed by atoms with Crippen molar-refractivity contribution in [2.24, 2.45) is 0 Å². The maximum atomic E-state index is 10.3.